The number of hydrogen-bond acceptors (Lipinski definition) is 5. The maximum atomic E-state index is 12.5. The molecule has 4 aromatic rings. The van der Waals surface area contributed by atoms with Crippen molar-refractivity contribution < 1.29 is 14.1 Å². The van der Waals surface area contributed by atoms with Gasteiger partial charge in [-0.05, 0) is 29.3 Å². The average molecular weight is 380 g/mol. The summed E-state index contributed by atoms with van der Waals surface area (Å²) in [5, 5.41) is 6.28. The minimum absolute atomic E-state index is 0.207. The van der Waals surface area contributed by atoms with Crippen LogP contribution in [-0.4, -0.2) is 17.0 Å². The van der Waals surface area contributed by atoms with Crippen molar-refractivity contribution in [3.8, 4) is 11.3 Å². The number of carbonyl (C=O) groups is 1. The number of esters is 1. The first-order valence-electron chi connectivity index (χ1n) is 9.23. The van der Waals surface area contributed by atoms with Crippen LogP contribution in [0.2, 0.25) is 0 Å². The lowest BCUT2D eigenvalue weighted by atomic mass is 10.0. The second-order valence-corrected chi connectivity index (χ2v) is 6.73. The Bertz CT molecular complexity index is 1290. The van der Waals surface area contributed by atoms with Gasteiger partial charge in [0.15, 0.2) is 5.70 Å². The molecule has 5 heteroatoms. The minimum Gasteiger partial charge on any atom is -0.402 e. The van der Waals surface area contributed by atoms with E-state index in [9.17, 15) is 4.79 Å². The van der Waals surface area contributed by atoms with Gasteiger partial charge in [-0.15, -0.1) is 0 Å². The molecule has 5 nitrogen and oxygen atoms in total. The van der Waals surface area contributed by atoms with Crippen molar-refractivity contribution in [2.24, 2.45) is 4.99 Å². The third-order valence-corrected chi connectivity index (χ3v) is 4.86. The molecule has 0 saturated carbocycles. The molecule has 0 N–H and O–H groups in total. The van der Waals surface area contributed by atoms with E-state index in [2.05, 4.69) is 10.1 Å². The lowest BCUT2D eigenvalue weighted by Crippen LogP contribution is -2.07. The highest BCUT2D eigenvalue weighted by molar-refractivity contribution is 6.15. The Morgan fingerprint density at radius 2 is 1.66 bits per heavy atom. The number of fused-ring (bicyclic) bond motifs is 1. The fourth-order valence-electron chi connectivity index (χ4n) is 3.46. The topological polar surface area (TPSA) is 64.7 Å². The Hall–Kier alpha value is -3.99. The fourth-order valence-corrected chi connectivity index (χ4v) is 3.46. The first-order valence-corrected chi connectivity index (χ1v) is 9.23. The summed E-state index contributed by atoms with van der Waals surface area (Å²) in [6, 6.07) is 23.5. The molecule has 0 radical (unpaired) electrons. The van der Waals surface area contributed by atoms with E-state index in [0.717, 1.165) is 21.9 Å². The van der Waals surface area contributed by atoms with Crippen LogP contribution in [0.25, 0.3) is 28.1 Å². The number of ether oxygens (including phenoxy) is 1. The number of aliphatic imine (C=N–C) groups is 1. The van der Waals surface area contributed by atoms with Gasteiger partial charge in [0, 0.05) is 5.56 Å². The van der Waals surface area contributed by atoms with Gasteiger partial charge >= 0.3 is 5.97 Å². The average Bonchev–Trinajstić information content (AvgIpc) is 3.31. The number of cyclic esters (lactones) is 1. The summed E-state index contributed by atoms with van der Waals surface area (Å²) in [6.07, 6.45) is 1.75. The van der Waals surface area contributed by atoms with Gasteiger partial charge in [0.2, 0.25) is 5.90 Å². The molecule has 1 aliphatic rings. The van der Waals surface area contributed by atoms with Crippen molar-refractivity contribution in [2.45, 2.75) is 6.92 Å². The minimum atomic E-state index is -0.493. The molecule has 2 heterocycles. The number of benzene rings is 3. The molecule has 3 aromatic carbocycles. The van der Waals surface area contributed by atoms with Gasteiger partial charge in [0.05, 0.1) is 0 Å². The molecule has 0 bridgehead atoms. The third kappa shape index (κ3) is 3.02. The predicted octanol–water partition coefficient (Wildman–Crippen LogP) is 5.15. The lowest BCUT2D eigenvalue weighted by molar-refractivity contribution is -0.129. The maximum Gasteiger partial charge on any atom is 0.363 e. The van der Waals surface area contributed by atoms with Crippen LogP contribution in [0.15, 0.2) is 88.0 Å². The molecule has 5 rings (SSSR count). The second kappa shape index (κ2) is 6.87. The summed E-state index contributed by atoms with van der Waals surface area (Å²) in [5.41, 5.74) is 3.21. The van der Waals surface area contributed by atoms with Gasteiger partial charge < -0.3 is 9.26 Å². The standard InChI is InChI=1S/C24H16N2O3/c1-15-21(22(26-29-15)17-9-3-2-4-10-17)23-25-20(24(27)28-23)14-18-12-7-11-16-8-5-6-13-19(16)18/h2-14H,1H3. The van der Waals surface area contributed by atoms with Crippen LogP contribution in [0.1, 0.15) is 16.9 Å². The highest BCUT2D eigenvalue weighted by Gasteiger charge is 2.30. The van der Waals surface area contributed by atoms with Gasteiger partial charge in [0.1, 0.15) is 17.0 Å². The zero-order valence-corrected chi connectivity index (χ0v) is 15.6. The number of carbonyl (C=O) groups excluding carboxylic acids is 1. The molecule has 140 valence electrons. The van der Waals surface area contributed by atoms with E-state index in [1.165, 1.54) is 0 Å². The summed E-state index contributed by atoms with van der Waals surface area (Å²) < 4.78 is 10.9. The van der Waals surface area contributed by atoms with Crippen LogP contribution in [0, 0.1) is 6.92 Å². The SMILES string of the molecule is Cc1onc(-c2ccccc2)c1C1=NC(=Cc2cccc3ccccc23)C(=O)O1. The number of hydrogen-bond donors (Lipinski definition) is 0. The Morgan fingerprint density at radius 1 is 0.897 bits per heavy atom. The molecule has 0 saturated heterocycles. The first-order chi connectivity index (χ1) is 14.2. The summed E-state index contributed by atoms with van der Waals surface area (Å²) in [4.78, 5) is 17.0. The fraction of sp³-hybridized carbons (Fsp3) is 0.0417. The second-order valence-electron chi connectivity index (χ2n) is 6.73. The normalized spacial score (nSPS) is 15.0. The van der Waals surface area contributed by atoms with Crippen LogP contribution >= 0.6 is 0 Å². The van der Waals surface area contributed by atoms with E-state index in [4.69, 9.17) is 9.26 Å². The highest BCUT2D eigenvalue weighted by Crippen LogP contribution is 2.30. The Morgan fingerprint density at radius 3 is 2.52 bits per heavy atom. The van der Waals surface area contributed by atoms with Crippen molar-refractivity contribution in [3.05, 3.63) is 95.4 Å². The monoisotopic (exact) mass is 380 g/mol. The van der Waals surface area contributed by atoms with Crippen molar-refractivity contribution in [3.63, 3.8) is 0 Å². The van der Waals surface area contributed by atoms with Crippen LogP contribution in [0.4, 0.5) is 0 Å². The van der Waals surface area contributed by atoms with E-state index in [0.29, 0.717) is 17.0 Å². The summed E-state index contributed by atoms with van der Waals surface area (Å²) >= 11 is 0. The Kier molecular flexibility index (Phi) is 4.06. The third-order valence-electron chi connectivity index (χ3n) is 4.86. The Labute approximate surface area is 166 Å². The summed E-state index contributed by atoms with van der Waals surface area (Å²) in [7, 11) is 0. The van der Waals surface area contributed by atoms with Crippen LogP contribution < -0.4 is 0 Å². The van der Waals surface area contributed by atoms with E-state index in [1.807, 2.05) is 72.8 Å². The quantitative estimate of drug-likeness (QED) is 0.364. The molecular formula is C24H16N2O3. The smallest absolute Gasteiger partial charge is 0.363 e. The largest absolute Gasteiger partial charge is 0.402 e. The molecule has 1 aliphatic heterocycles. The van der Waals surface area contributed by atoms with Crippen molar-refractivity contribution in [2.75, 3.05) is 0 Å². The summed E-state index contributed by atoms with van der Waals surface area (Å²) in [5.74, 6) is 0.258. The predicted molar refractivity (Wildman–Crippen MR) is 111 cm³/mol. The van der Waals surface area contributed by atoms with Crippen molar-refractivity contribution >= 4 is 28.7 Å². The number of aryl methyl sites for hydroxylation is 1. The molecular weight excluding hydrogens is 364 g/mol. The van der Waals surface area contributed by atoms with Crippen LogP contribution in [-0.2, 0) is 9.53 Å². The highest BCUT2D eigenvalue weighted by atomic mass is 16.6. The molecule has 0 fully saturated rings. The van der Waals surface area contributed by atoms with E-state index in [-0.39, 0.29) is 11.6 Å². The zero-order chi connectivity index (χ0) is 19.8. The van der Waals surface area contributed by atoms with E-state index in [1.54, 1.807) is 13.0 Å². The Balaban J connectivity index is 1.60. The number of nitrogens with zero attached hydrogens (tertiary/aromatic N) is 2. The van der Waals surface area contributed by atoms with Crippen molar-refractivity contribution in [1.82, 2.24) is 5.16 Å². The molecule has 29 heavy (non-hydrogen) atoms. The zero-order valence-electron chi connectivity index (χ0n) is 15.6. The maximum absolute atomic E-state index is 12.5. The van der Waals surface area contributed by atoms with Crippen LogP contribution in [0.5, 0.6) is 0 Å². The molecule has 0 spiro atoms. The molecule has 0 aliphatic carbocycles. The van der Waals surface area contributed by atoms with Crippen LogP contribution in [0.3, 0.4) is 0 Å². The number of rotatable bonds is 3. The van der Waals surface area contributed by atoms with Gasteiger partial charge in [-0.3, -0.25) is 0 Å². The molecule has 0 atom stereocenters. The lowest BCUT2D eigenvalue weighted by Gasteiger charge is -2.01. The molecule has 0 amide bonds. The van der Waals surface area contributed by atoms with Gasteiger partial charge in [-0.25, -0.2) is 9.79 Å². The van der Waals surface area contributed by atoms with Gasteiger partial charge in [0.25, 0.3) is 0 Å². The van der Waals surface area contributed by atoms with Crippen molar-refractivity contribution in [1.29, 1.82) is 0 Å². The molecule has 0 unspecified atom stereocenters. The van der Waals surface area contributed by atoms with E-state index >= 15 is 0 Å². The molecule has 1 aromatic heterocycles. The van der Waals surface area contributed by atoms with Gasteiger partial charge in [-0.1, -0.05) is 78.0 Å². The van der Waals surface area contributed by atoms with E-state index < -0.39 is 5.97 Å². The first kappa shape index (κ1) is 17.1. The summed E-state index contributed by atoms with van der Waals surface area (Å²) in [6.45, 7) is 1.78. The van der Waals surface area contributed by atoms with Gasteiger partial charge in [-0.2, -0.15) is 0 Å². The number of aromatic nitrogens is 1.